The minimum Gasteiger partial charge on any atom is -0.454 e. The largest absolute Gasteiger partial charge is 0.454 e. The topological polar surface area (TPSA) is 39.7 Å². The molecule has 0 spiro atoms. The van der Waals surface area contributed by atoms with E-state index in [1.807, 2.05) is 0 Å². The van der Waals surface area contributed by atoms with Crippen molar-refractivity contribution in [3.8, 4) is 11.5 Å². The van der Waals surface area contributed by atoms with Crippen LogP contribution in [0.4, 0.5) is 0 Å². The van der Waals surface area contributed by atoms with E-state index in [2.05, 4.69) is 24.4 Å². The summed E-state index contributed by atoms with van der Waals surface area (Å²) in [5.41, 5.74) is 2.61. The van der Waals surface area contributed by atoms with Gasteiger partial charge in [-0.2, -0.15) is 0 Å². The molecule has 0 bridgehead atoms. The zero-order valence-corrected chi connectivity index (χ0v) is 10.2. The van der Waals surface area contributed by atoms with Crippen LogP contribution in [0.15, 0.2) is 12.1 Å². The summed E-state index contributed by atoms with van der Waals surface area (Å²) < 4.78 is 16.1. The number of ether oxygens (including phenoxy) is 3. The van der Waals surface area contributed by atoms with Crippen molar-refractivity contribution in [1.29, 1.82) is 0 Å². The lowest BCUT2D eigenvalue weighted by Crippen LogP contribution is -2.39. The fourth-order valence-corrected chi connectivity index (χ4v) is 2.63. The molecule has 2 aliphatic heterocycles. The first-order chi connectivity index (χ1) is 8.28. The Balaban J connectivity index is 2.01. The molecule has 1 aromatic rings. The minimum absolute atomic E-state index is 0.244. The van der Waals surface area contributed by atoms with Crippen LogP contribution in [0.3, 0.4) is 0 Å². The monoisotopic (exact) mass is 235 g/mol. The second kappa shape index (κ2) is 4.20. The predicted octanol–water partition coefficient (Wildman–Crippen LogP) is 1.64. The second-order valence-corrected chi connectivity index (χ2v) is 4.68. The van der Waals surface area contributed by atoms with Gasteiger partial charge in [0.25, 0.3) is 0 Å². The van der Waals surface area contributed by atoms with Gasteiger partial charge in [-0.25, -0.2) is 0 Å². The summed E-state index contributed by atoms with van der Waals surface area (Å²) in [6.45, 7) is 3.20. The molecule has 1 N–H and O–H groups in total. The van der Waals surface area contributed by atoms with E-state index in [1.54, 1.807) is 7.11 Å². The van der Waals surface area contributed by atoms with Gasteiger partial charge < -0.3 is 19.5 Å². The Bertz CT molecular complexity index is 433. The molecular formula is C13H17NO3. The van der Waals surface area contributed by atoms with Gasteiger partial charge in [-0.3, -0.25) is 0 Å². The summed E-state index contributed by atoms with van der Waals surface area (Å²) >= 11 is 0. The van der Waals surface area contributed by atoms with Gasteiger partial charge in [0.1, 0.15) is 0 Å². The van der Waals surface area contributed by atoms with Gasteiger partial charge in [-0.05, 0) is 36.6 Å². The third-order valence-electron chi connectivity index (χ3n) is 3.35. The lowest BCUT2D eigenvalue weighted by atomic mass is 9.90. The Labute approximate surface area is 101 Å². The first-order valence-electron chi connectivity index (χ1n) is 5.95. The third-order valence-corrected chi connectivity index (χ3v) is 3.35. The molecule has 92 valence electrons. The maximum atomic E-state index is 5.43. The van der Waals surface area contributed by atoms with Gasteiger partial charge in [0.05, 0.1) is 12.6 Å². The normalized spacial score (nSPS) is 25.8. The van der Waals surface area contributed by atoms with E-state index in [4.69, 9.17) is 14.2 Å². The van der Waals surface area contributed by atoms with Crippen LogP contribution in [0.2, 0.25) is 0 Å². The van der Waals surface area contributed by atoms with Crippen molar-refractivity contribution in [3.05, 3.63) is 23.3 Å². The molecule has 4 nitrogen and oxygen atoms in total. The maximum absolute atomic E-state index is 5.43. The molecule has 0 fully saturated rings. The number of hydrogen-bond acceptors (Lipinski definition) is 4. The van der Waals surface area contributed by atoms with Gasteiger partial charge in [0.15, 0.2) is 11.5 Å². The Morgan fingerprint density at radius 2 is 2.12 bits per heavy atom. The molecule has 3 rings (SSSR count). The van der Waals surface area contributed by atoms with Crippen LogP contribution in [-0.2, 0) is 11.2 Å². The van der Waals surface area contributed by atoms with E-state index in [0.29, 0.717) is 19.4 Å². The number of rotatable bonds is 2. The summed E-state index contributed by atoms with van der Waals surface area (Å²) in [6.07, 6.45) is 1.02. The number of fused-ring (bicyclic) bond motifs is 2. The molecular weight excluding hydrogens is 218 g/mol. The molecule has 2 heterocycles. The van der Waals surface area contributed by atoms with Crippen LogP contribution in [0, 0.1) is 0 Å². The van der Waals surface area contributed by atoms with Crippen molar-refractivity contribution in [2.24, 2.45) is 0 Å². The molecule has 2 atom stereocenters. The highest BCUT2D eigenvalue weighted by Gasteiger charge is 2.27. The quantitative estimate of drug-likeness (QED) is 0.846. The van der Waals surface area contributed by atoms with Crippen LogP contribution < -0.4 is 14.8 Å². The first kappa shape index (κ1) is 10.9. The molecule has 0 saturated carbocycles. The minimum atomic E-state index is 0.244. The number of benzene rings is 1. The van der Waals surface area contributed by atoms with E-state index in [0.717, 1.165) is 17.9 Å². The average molecular weight is 235 g/mol. The van der Waals surface area contributed by atoms with Crippen molar-refractivity contribution in [2.75, 3.05) is 20.5 Å². The Morgan fingerprint density at radius 3 is 2.88 bits per heavy atom. The maximum Gasteiger partial charge on any atom is 0.231 e. The molecule has 0 saturated heterocycles. The summed E-state index contributed by atoms with van der Waals surface area (Å²) in [5.74, 6) is 1.72. The van der Waals surface area contributed by atoms with Crippen molar-refractivity contribution in [2.45, 2.75) is 25.4 Å². The molecule has 4 heteroatoms. The number of methoxy groups -OCH3 is 1. The predicted molar refractivity (Wildman–Crippen MR) is 63.5 cm³/mol. The van der Waals surface area contributed by atoms with Crippen molar-refractivity contribution >= 4 is 0 Å². The summed E-state index contributed by atoms with van der Waals surface area (Å²) in [4.78, 5) is 0. The highest BCUT2D eigenvalue weighted by Crippen LogP contribution is 2.38. The fourth-order valence-electron chi connectivity index (χ4n) is 2.63. The average Bonchev–Trinajstić information content (AvgIpc) is 2.73. The molecule has 0 aliphatic carbocycles. The van der Waals surface area contributed by atoms with E-state index in [9.17, 15) is 0 Å². The van der Waals surface area contributed by atoms with Crippen LogP contribution in [0.25, 0.3) is 0 Å². The molecule has 0 radical (unpaired) electrons. The van der Waals surface area contributed by atoms with Gasteiger partial charge in [-0.1, -0.05) is 0 Å². The summed E-state index contributed by atoms with van der Waals surface area (Å²) in [5, 5.41) is 3.54. The van der Waals surface area contributed by atoms with E-state index < -0.39 is 0 Å². The SMILES string of the molecule is COCC1NC(C)Cc2cc3c(cc21)OCO3. The van der Waals surface area contributed by atoms with Crippen molar-refractivity contribution < 1.29 is 14.2 Å². The lowest BCUT2D eigenvalue weighted by Gasteiger charge is -2.31. The van der Waals surface area contributed by atoms with Crippen molar-refractivity contribution in [1.82, 2.24) is 5.32 Å². The van der Waals surface area contributed by atoms with E-state index >= 15 is 0 Å². The number of nitrogens with one attached hydrogen (secondary N) is 1. The van der Waals surface area contributed by atoms with Crippen LogP contribution in [0.1, 0.15) is 24.1 Å². The van der Waals surface area contributed by atoms with Gasteiger partial charge >= 0.3 is 0 Å². The number of hydrogen-bond donors (Lipinski definition) is 1. The Hall–Kier alpha value is -1.26. The first-order valence-corrected chi connectivity index (χ1v) is 5.95. The third kappa shape index (κ3) is 1.87. The molecule has 1 aromatic carbocycles. The molecule has 0 aromatic heterocycles. The van der Waals surface area contributed by atoms with Crippen molar-refractivity contribution in [3.63, 3.8) is 0 Å². The zero-order chi connectivity index (χ0) is 11.8. The molecule has 0 amide bonds. The summed E-state index contributed by atoms with van der Waals surface area (Å²) in [7, 11) is 1.73. The van der Waals surface area contributed by atoms with Crippen LogP contribution >= 0.6 is 0 Å². The zero-order valence-electron chi connectivity index (χ0n) is 10.2. The fraction of sp³-hybridized carbons (Fsp3) is 0.538. The molecule has 2 unspecified atom stereocenters. The Kier molecular flexibility index (Phi) is 2.68. The highest BCUT2D eigenvalue weighted by molar-refractivity contribution is 5.50. The standard InChI is InChI=1S/C13H17NO3/c1-8-3-9-4-12-13(17-7-16-12)5-10(9)11(14-8)6-15-2/h4-5,8,11,14H,3,6-7H2,1-2H3. The smallest absolute Gasteiger partial charge is 0.231 e. The van der Waals surface area contributed by atoms with Gasteiger partial charge in [-0.15, -0.1) is 0 Å². The van der Waals surface area contributed by atoms with Crippen LogP contribution in [0.5, 0.6) is 11.5 Å². The molecule has 2 aliphatic rings. The summed E-state index contributed by atoms with van der Waals surface area (Å²) in [6, 6.07) is 4.90. The Morgan fingerprint density at radius 1 is 1.35 bits per heavy atom. The second-order valence-electron chi connectivity index (χ2n) is 4.68. The van der Waals surface area contributed by atoms with Gasteiger partial charge in [0, 0.05) is 13.2 Å². The van der Waals surface area contributed by atoms with E-state index in [1.165, 1.54) is 11.1 Å². The lowest BCUT2D eigenvalue weighted by molar-refractivity contribution is 0.157. The van der Waals surface area contributed by atoms with Gasteiger partial charge in [0.2, 0.25) is 6.79 Å². The highest BCUT2D eigenvalue weighted by atomic mass is 16.7. The van der Waals surface area contributed by atoms with Crippen LogP contribution in [-0.4, -0.2) is 26.6 Å². The van der Waals surface area contributed by atoms with E-state index in [-0.39, 0.29) is 6.04 Å². The molecule has 17 heavy (non-hydrogen) atoms.